The number of hydrogen-bond donors (Lipinski definition) is 2. The van der Waals surface area contributed by atoms with E-state index in [1.54, 1.807) is 11.8 Å². The van der Waals surface area contributed by atoms with Crippen molar-refractivity contribution >= 4 is 27.5 Å². The topological polar surface area (TPSA) is 70.0 Å². The van der Waals surface area contributed by atoms with Gasteiger partial charge in [0.15, 0.2) is 0 Å². The van der Waals surface area contributed by atoms with Gasteiger partial charge in [0.25, 0.3) is 0 Å². The molecule has 2 N–H and O–H groups in total. The molecule has 1 aromatic heterocycles. The number of carbonyl (C=O) groups excluding carboxylic acids is 1. The summed E-state index contributed by atoms with van der Waals surface area (Å²) < 4.78 is 6.30. The highest BCUT2D eigenvalue weighted by Crippen LogP contribution is 2.45. The van der Waals surface area contributed by atoms with Crippen molar-refractivity contribution in [2.45, 2.75) is 51.4 Å². The number of likely N-dealkylation sites (tertiary alicyclic amines) is 1. The van der Waals surface area contributed by atoms with Crippen LogP contribution in [0.1, 0.15) is 50.2 Å². The van der Waals surface area contributed by atoms with E-state index in [0.717, 1.165) is 20.5 Å². The number of hydrogen-bond acceptors (Lipinski definition) is 5. The van der Waals surface area contributed by atoms with Crippen LogP contribution in [-0.4, -0.2) is 40.4 Å². The first-order valence-corrected chi connectivity index (χ1v) is 9.51. The summed E-state index contributed by atoms with van der Waals surface area (Å²) >= 11 is 1.53. The Balaban J connectivity index is 1.86. The minimum atomic E-state index is -1.02. The Bertz CT molecular complexity index is 760. The van der Waals surface area contributed by atoms with Crippen LogP contribution in [0, 0.1) is 0 Å². The van der Waals surface area contributed by atoms with Gasteiger partial charge in [-0.05, 0) is 45.1 Å². The number of aliphatic hydroxyl groups excluding tert-OH is 1. The Morgan fingerprint density at radius 3 is 2.48 bits per heavy atom. The zero-order chi connectivity index (χ0) is 18.2. The smallest absolute Gasteiger partial charge is 0.410 e. The first-order chi connectivity index (χ1) is 11.8. The highest BCUT2D eigenvalue weighted by atomic mass is 32.1. The van der Waals surface area contributed by atoms with Gasteiger partial charge in [-0.1, -0.05) is 18.2 Å². The number of aliphatic hydroxyl groups is 2. The average molecular weight is 363 g/mol. The van der Waals surface area contributed by atoms with Gasteiger partial charge in [0.05, 0.1) is 12.2 Å². The summed E-state index contributed by atoms with van der Waals surface area (Å²) in [5, 5.41) is 22.6. The van der Waals surface area contributed by atoms with E-state index in [4.69, 9.17) is 4.74 Å². The van der Waals surface area contributed by atoms with Crippen molar-refractivity contribution in [3.05, 3.63) is 34.7 Å². The molecule has 6 heteroatoms. The van der Waals surface area contributed by atoms with Crippen LogP contribution >= 0.6 is 11.3 Å². The Kier molecular flexibility index (Phi) is 5.04. The number of amides is 1. The number of nitrogens with zero attached hydrogens (tertiary/aromatic N) is 1. The lowest BCUT2D eigenvalue weighted by molar-refractivity contribution is -0.0263. The first-order valence-electron chi connectivity index (χ1n) is 8.70. The summed E-state index contributed by atoms with van der Waals surface area (Å²) in [7, 11) is 0. The zero-order valence-electron chi connectivity index (χ0n) is 14.9. The van der Waals surface area contributed by atoms with Crippen molar-refractivity contribution in [1.82, 2.24) is 4.90 Å². The van der Waals surface area contributed by atoms with E-state index in [1.807, 2.05) is 38.1 Å². The molecule has 1 aliphatic rings. The first kappa shape index (κ1) is 18.2. The van der Waals surface area contributed by atoms with Gasteiger partial charge in [0.1, 0.15) is 5.60 Å². The van der Waals surface area contributed by atoms with Gasteiger partial charge in [0.2, 0.25) is 0 Å². The second kappa shape index (κ2) is 6.94. The molecule has 0 spiro atoms. The van der Waals surface area contributed by atoms with Crippen molar-refractivity contribution in [3.63, 3.8) is 0 Å². The second-order valence-electron chi connectivity index (χ2n) is 6.97. The van der Waals surface area contributed by atoms with Crippen LogP contribution in [0.15, 0.2) is 24.3 Å². The molecule has 25 heavy (non-hydrogen) atoms. The number of carbonyl (C=O) groups is 1. The predicted octanol–water partition coefficient (Wildman–Crippen LogP) is 3.78. The highest BCUT2D eigenvalue weighted by molar-refractivity contribution is 7.19. The quantitative estimate of drug-likeness (QED) is 0.871. The standard InChI is InChI=1S/C19H25NO4S/c1-12(2)24-18(22)20-10-8-19(23,9-11-20)17-16(13(3)21)14-6-4-5-7-15(14)25-17/h4-7,12-13,21,23H,8-11H2,1-3H3. The Morgan fingerprint density at radius 1 is 1.24 bits per heavy atom. The number of ether oxygens (including phenoxy) is 1. The van der Waals surface area contributed by atoms with E-state index in [-0.39, 0.29) is 12.2 Å². The second-order valence-corrected chi connectivity index (χ2v) is 8.02. The minimum absolute atomic E-state index is 0.155. The van der Waals surface area contributed by atoms with Gasteiger partial charge in [0, 0.05) is 28.2 Å². The maximum absolute atomic E-state index is 12.1. The van der Waals surface area contributed by atoms with E-state index < -0.39 is 11.7 Å². The molecule has 2 heterocycles. The van der Waals surface area contributed by atoms with Crippen LogP contribution in [0.3, 0.4) is 0 Å². The van der Waals surface area contributed by atoms with E-state index in [9.17, 15) is 15.0 Å². The third-order valence-corrected chi connectivity index (χ3v) is 6.04. The van der Waals surface area contributed by atoms with Crippen molar-refractivity contribution in [2.75, 3.05) is 13.1 Å². The molecule has 1 saturated heterocycles. The van der Waals surface area contributed by atoms with Crippen molar-refractivity contribution in [3.8, 4) is 0 Å². The van der Waals surface area contributed by atoms with Crippen LogP contribution in [0.4, 0.5) is 4.79 Å². The molecule has 2 aromatic rings. The summed E-state index contributed by atoms with van der Waals surface area (Å²) in [6.45, 7) is 6.26. The van der Waals surface area contributed by atoms with Gasteiger partial charge in [-0.3, -0.25) is 0 Å². The predicted molar refractivity (Wildman–Crippen MR) is 98.8 cm³/mol. The van der Waals surface area contributed by atoms with Gasteiger partial charge in [-0.25, -0.2) is 4.79 Å². The molecule has 1 aliphatic heterocycles. The van der Waals surface area contributed by atoms with E-state index in [1.165, 1.54) is 11.3 Å². The third kappa shape index (κ3) is 3.52. The molecule has 1 unspecified atom stereocenters. The molecule has 1 amide bonds. The summed E-state index contributed by atoms with van der Waals surface area (Å²) in [6, 6.07) is 7.89. The summed E-state index contributed by atoms with van der Waals surface area (Å²) in [5.41, 5.74) is -0.216. The Morgan fingerprint density at radius 2 is 1.88 bits per heavy atom. The average Bonchev–Trinajstić information content (AvgIpc) is 2.95. The Hall–Kier alpha value is -1.63. The fourth-order valence-corrected chi connectivity index (χ4v) is 4.83. The molecule has 0 aliphatic carbocycles. The van der Waals surface area contributed by atoms with Crippen LogP contribution in [-0.2, 0) is 10.3 Å². The fourth-order valence-electron chi connectivity index (χ4n) is 3.39. The van der Waals surface area contributed by atoms with Crippen molar-refractivity contribution in [1.29, 1.82) is 0 Å². The molecule has 0 radical (unpaired) electrons. The molecule has 136 valence electrons. The lowest BCUT2D eigenvalue weighted by Crippen LogP contribution is -2.45. The molecule has 1 fully saturated rings. The third-order valence-electron chi connectivity index (χ3n) is 4.66. The van der Waals surface area contributed by atoms with Crippen LogP contribution in [0.25, 0.3) is 10.1 Å². The maximum Gasteiger partial charge on any atom is 0.410 e. The van der Waals surface area contributed by atoms with E-state index in [0.29, 0.717) is 25.9 Å². The fraction of sp³-hybridized carbons (Fsp3) is 0.526. The summed E-state index contributed by atoms with van der Waals surface area (Å²) in [6.07, 6.45) is -0.263. The van der Waals surface area contributed by atoms with Crippen LogP contribution in [0.5, 0.6) is 0 Å². The molecular weight excluding hydrogens is 338 g/mol. The van der Waals surface area contributed by atoms with Crippen LogP contribution in [0.2, 0.25) is 0 Å². The number of fused-ring (bicyclic) bond motifs is 1. The largest absolute Gasteiger partial charge is 0.447 e. The Labute approximate surface area is 151 Å². The lowest BCUT2D eigenvalue weighted by Gasteiger charge is -2.38. The van der Waals surface area contributed by atoms with Crippen LogP contribution < -0.4 is 0 Å². The number of thiophene rings is 1. The molecule has 0 bridgehead atoms. The van der Waals surface area contributed by atoms with Crippen molar-refractivity contribution < 1.29 is 19.7 Å². The number of benzene rings is 1. The molecule has 3 rings (SSSR count). The maximum atomic E-state index is 12.1. The molecule has 5 nitrogen and oxygen atoms in total. The monoisotopic (exact) mass is 363 g/mol. The highest BCUT2D eigenvalue weighted by Gasteiger charge is 2.40. The molecule has 1 atom stereocenters. The molecule has 0 saturated carbocycles. The summed E-state index contributed by atoms with van der Waals surface area (Å²) in [5.74, 6) is 0. The lowest BCUT2D eigenvalue weighted by atomic mass is 9.86. The number of piperidine rings is 1. The summed E-state index contributed by atoms with van der Waals surface area (Å²) in [4.78, 5) is 14.5. The van der Waals surface area contributed by atoms with Crippen molar-refractivity contribution in [2.24, 2.45) is 0 Å². The van der Waals surface area contributed by atoms with E-state index >= 15 is 0 Å². The zero-order valence-corrected chi connectivity index (χ0v) is 15.7. The minimum Gasteiger partial charge on any atom is -0.447 e. The molecular formula is C19H25NO4S. The normalized spacial score (nSPS) is 18.6. The van der Waals surface area contributed by atoms with Gasteiger partial charge in [-0.15, -0.1) is 11.3 Å². The SMILES string of the molecule is CC(C)OC(=O)N1CCC(O)(c2sc3ccccc3c2C(C)O)CC1. The molecule has 1 aromatic carbocycles. The van der Waals surface area contributed by atoms with E-state index in [2.05, 4.69) is 0 Å². The van der Waals surface area contributed by atoms with Gasteiger partial charge >= 0.3 is 6.09 Å². The van der Waals surface area contributed by atoms with Gasteiger partial charge < -0.3 is 19.8 Å². The number of rotatable bonds is 3. The van der Waals surface area contributed by atoms with Gasteiger partial charge in [-0.2, -0.15) is 0 Å².